The van der Waals surface area contributed by atoms with E-state index in [0.29, 0.717) is 25.8 Å². The quantitative estimate of drug-likeness (QED) is 0.197. The second-order valence-corrected chi connectivity index (χ2v) is 8.45. The summed E-state index contributed by atoms with van der Waals surface area (Å²) in [4.78, 5) is 48.9. The van der Waals surface area contributed by atoms with Gasteiger partial charge in [-0.25, -0.2) is 4.79 Å². The van der Waals surface area contributed by atoms with Gasteiger partial charge in [0, 0.05) is 6.42 Å². The van der Waals surface area contributed by atoms with E-state index in [1.807, 2.05) is 19.9 Å². The fourth-order valence-corrected chi connectivity index (χ4v) is 3.24. The highest BCUT2D eigenvalue weighted by Crippen LogP contribution is 2.06. The van der Waals surface area contributed by atoms with Crippen LogP contribution in [0.15, 0.2) is 30.3 Å². The summed E-state index contributed by atoms with van der Waals surface area (Å²) in [6, 6.07) is 6.10. The molecule has 0 saturated carbocycles. The van der Waals surface area contributed by atoms with E-state index in [4.69, 9.17) is 11.5 Å². The Balaban J connectivity index is 2.73. The molecule has 3 amide bonds. The average Bonchev–Trinajstić information content (AvgIpc) is 2.76. The first-order valence-electron chi connectivity index (χ1n) is 11.2. The molecule has 0 aliphatic heterocycles. The number of benzene rings is 1. The van der Waals surface area contributed by atoms with Gasteiger partial charge in [-0.15, -0.1) is 0 Å². The number of carboxylic acids is 1. The van der Waals surface area contributed by atoms with Crippen molar-refractivity contribution >= 4 is 23.7 Å². The number of amides is 3. The van der Waals surface area contributed by atoms with Gasteiger partial charge in [0.25, 0.3) is 0 Å². The maximum Gasteiger partial charge on any atom is 0.326 e. The summed E-state index contributed by atoms with van der Waals surface area (Å²) in [6.45, 7) is 3.97. The Morgan fingerprint density at radius 2 is 1.64 bits per heavy atom. The van der Waals surface area contributed by atoms with Gasteiger partial charge in [0.2, 0.25) is 17.7 Å². The van der Waals surface area contributed by atoms with Crippen molar-refractivity contribution in [1.29, 1.82) is 0 Å². The molecule has 0 fully saturated rings. The normalized spacial score (nSPS) is 13.6. The Labute approximate surface area is 194 Å². The summed E-state index contributed by atoms with van der Waals surface area (Å²) in [5.74, 6) is -2.56. The fraction of sp³-hybridized carbons (Fsp3) is 0.565. The molecule has 3 atom stereocenters. The molecule has 0 heterocycles. The van der Waals surface area contributed by atoms with E-state index < -0.39 is 41.8 Å². The van der Waals surface area contributed by atoms with Crippen molar-refractivity contribution in [2.75, 3.05) is 13.1 Å². The van der Waals surface area contributed by atoms with Crippen LogP contribution < -0.4 is 27.4 Å². The minimum Gasteiger partial charge on any atom is -0.480 e. The lowest BCUT2D eigenvalue weighted by molar-refractivity contribution is -0.142. The molecular formula is C23H37N5O5. The Hall–Kier alpha value is -2.98. The maximum atomic E-state index is 12.8. The summed E-state index contributed by atoms with van der Waals surface area (Å²) >= 11 is 0. The number of nitrogens with two attached hydrogens (primary N) is 2. The lowest BCUT2D eigenvalue weighted by atomic mass is 10.0. The highest BCUT2D eigenvalue weighted by Gasteiger charge is 2.27. The largest absolute Gasteiger partial charge is 0.480 e. The van der Waals surface area contributed by atoms with Gasteiger partial charge in [0.1, 0.15) is 12.1 Å². The van der Waals surface area contributed by atoms with Crippen molar-refractivity contribution < 1.29 is 24.3 Å². The number of carbonyl (C=O) groups is 4. The van der Waals surface area contributed by atoms with E-state index in [1.165, 1.54) is 0 Å². The van der Waals surface area contributed by atoms with Crippen LogP contribution in [0.3, 0.4) is 0 Å². The average molecular weight is 464 g/mol. The van der Waals surface area contributed by atoms with Crippen LogP contribution in [0.25, 0.3) is 0 Å². The zero-order chi connectivity index (χ0) is 24.8. The van der Waals surface area contributed by atoms with E-state index >= 15 is 0 Å². The fourth-order valence-electron chi connectivity index (χ4n) is 3.24. The Morgan fingerprint density at radius 1 is 0.970 bits per heavy atom. The molecule has 3 unspecified atom stereocenters. The molecule has 0 saturated heterocycles. The summed E-state index contributed by atoms with van der Waals surface area (Å²) in [7, 11) is 0. The molecule has 0 aliphatic carbocycles. The third kappa shape index (κ3) is 11.4. The summed E-state index contributed by atoms with van der Waals surface area (Å²) in [5.41, 5.74) is 12.1. The zero-order valence-electron chi connectivity index (χ0n) is 19.4. The maximum absolute atomic E-state index is 12.8. The van der Waals surface area contributed by atoms with Crippen LogP contribution in [-0.4, -0.2) is 60.0 Å². The van der Waals surface area contributed by atoms with E-state index in [9.17, 15) is 24.3 Å². The second-order valence-electron chi connectivity index (χ2n) is 8.45. The standard InChI is InChI=1S/C23H37N5O5/c1-15(2)12-17(25)21(30)26-14-20(29)27-18(10-6-7-11-24)22(31)28-19(23(32)33)13-16-8-4-3-5-9-16/h3-5,8-9,15,17-19H,6-7,10-14,24-25H2,1-2H3,(H,26,30)(H,27,29)(H,28,31)(H,32,33). The van der Waals surface area contributed by atoms with Crippen molar-refractivity contribution in [2.45, 2.75) is 64.1 Å². The summed E-state index contributed by atoms with van der Waals surface area (Å²) < 4.78 is 0. The number of hydrogen-bond acceptors (Lipinski definition) is 6. The summed E-state index contributed by atoms with van der Waals surface area (Å²) in [6.07, 6.45) is 2.09. The van der Waals surface area contributed by atoms with Crippen LogP contribution in [0.5, 0.6) is 0 Å². The van der Waals surface area contributed by atoms with E-state index in [1.54, 1.807) is 24.3 Å². The van der Waals surface area contributed by atoms with Gasteiger partial charge in [-0.3, -0.25) is 14.4 Å². The summed E-state index contributed by atoms with van der Waals surface area (Å²) in [5, 5.41) is 17.1. The van der Waals surface area contributed by atoms with E-state index in [0.717, 1.165) is 5.56 Å². The number of carbonyl (C=O) groups excluding carboxylic acids is 3. The number of carboxylic acid groups (broad SMARTS) is 1. The molecule has 184 valence electrons. The molecular weight excluding hydrogens is 426 g/mol. The van der Waals surface area contributed by atoms with Gasteiger partial charge in [-0.2, -0.15) is 0 Å². The van der Waals surface area contributed by atoms with Crippen LogP contribution in [0.2, 0.25) is 0 Å². The van der Waals surface area contributed by atoms with Crippen molar-refractivity contribution in [3.05, 3.63) is 35.9 Å². The minimum absolute atomic E-state index is 0.106. The van der Waals surface area contributed by atoms with Gasteiger partial charge in [0.15, 0.2) is 0 Å². The molecule has 10 heteroatoms. The van der Waals surface area contributed by atoms with Crippen molar-refractivity contribution in [1.82, 2.24) is 16.0 Å². The molecule has 0 spiro atoms. The van der Waals surface area contributed by atoms with Crippen LogP contribution >= 0.6 is 0 Å². The van der Waals surface area contributed by atoms with Crippen LogP contribution in [0.1, 0.15) is 45.1 Å². The molecule has 8 N–H and O–H groups in total. The highest BCUT2D eigenvalue weighted by atomic mass is 16.4. The number of aliphatic carboxylic acids is 1. The minimum atomic E-state index is -1.18. The van der Waals surface area contributed by atoms with Gasteiger partial charge in [-0.1, -0.05) is 44.2 Å². The van der Waals surface area contributed by atoms with Crippen LogP contribution in [0.4, 0.5) is 0 Å². The smallest absolute Gasteiger partial charge is 0.326 e. The van der Waals surface area contributed by atoms with Gasteiger partial charge >= 0.3 is 5.97 Å². The number of nitrogens with one attached hydrogen (secondary N) is 3. The lowest BCUT2D eigenvalue weighted by Crippen LogP contribution is -2.54. The first-order chi connectivity index (χ1) is 15.6. The predicted molar refractivity (Wildman–Crippen MR) is 125 cm³/mol. The molecule has 1 rings (SSSR count). The first-order valence-corrected chi connectivity index (χ1v) is 11.2. The molecule has 0 aromatic heterocycles. The van der Waals surface area contributed by atoms with Gasteiger partial charge in [0.05, 0.1) is 12.6 Å². The van der Waals surface area contributed by atoms with Crippen LogP contribution in [-0.2, 0) is 25.6 Å². The number of unbranched alkanes of at least 4 members (excludes halogenated alkanes) is 1. The Morgan fingerprint density at radius 3 is 2.21 bits per heavy atom. The Bertz CT molecular complexity index is 772. The van der Waals surface area contributed by atoms with Crippen molar-refractivity contribution in [3.8, 4) is 0 Å². The third-order valence-electron chi connectivity index (χ3n) is 4.98. The topological polar surface area (TPSA) is 177 Å². The van der Waals surface area contributed by atoms with Crippen molar-refractivity contribution in [2.24, 2.45) is 17.4 Å². The highest BCUT2D eigenvalue weighted by molar-refractivity contribution is 5.92. The molecule has 0 aliphatic rings. The zero-order valence-corrected chi connectivity index (χ0v) is 19.4. The molecule has 0 radical (unpaired) electrons. The molecule has 33 heavy (non-hydrogen) atoms. The SMILES string of the molecule is CC(C)CC(N)C(=O)NCC(=O)NC(CCCCN)C(=O)NC(Cc1ccccc1)C(=O)O. The van der Waals surface area contributed by atoms with E-state index in [2.05, 4.69) is 16.0 Å². The monoisotopic (exact) mass is 463 g/mol. The molecule has 1 aromatic rings. The molecule has 1 aromatic carbocycles. The predicted octanol–water partition coefficient (Wildman–Crippen LogP) is -0.0981. The third-order valence-corrected chi connectivity index (χ3v) is 4.98. The Kier molecular flexibility index (Phi) is 12.7. The number of rotatable bonds is 15. The second kappa shape index (κ2) is 15.0. The first kappa shape index (κ1) is 28.1. The molecule has 0 bridgehead atoms. The lowest BCUT2D eigenvalue weighted by Gasteiger charge is -2.22. The number of hydrogen-bond donors (Lipinski definition) is 6. The van der Waals surface area contributed by atoms with E-state index in [-0.39, 0.29) is 25.3 Å². The molecule has 10 nitrogen and oxygen atoms in total. The van der Waals surface area contributed by atoms with Crippen molar-refractivity contribution in [3.63, 3.8) is 0 Å². The van der Waals surface area contributed by atoms with Crippen LogP contribution in [0, 0.1) is 5.92 Å². The van der Waals surface area contributed by atoms with Gasteiger partial charge < -0.3 is 32.5 Å². The van der Waals surface area contributed by atoms with Gasteiger partial charge in [-0.05, 0) is 43.7 Å².